The quantitative estimate of drug-likeness (QED) is 0.896. The fourth-order valence-corrected chi connectivity index (χ4v) is 3.12. The van der Waals surface area contributed by atoms with Gasteiger partial charge in [-0.05, 0) is 41.5 Å². The van der Waals surface area contributed by atoms with Crippen LogP contribution in [0.2, 0.25) is 0 Å². The largest absolute Gasteiger partial charge is 0.508 e. The summed E-state index contributed by atoms with van der Waals surface area (Å²) in [5.74, 6) is 0.309. The molecule has 0 saturated carbocycles. The number of piperazine rings is 1. The summed E-state index contributed by atoms with van der Waals surface area (Å²) in [6.07, 6.45) is 3.68. The minimum atomic E-state index is 0.309. The fraction of sp³-hybridized carbons (Fsp3) is 0.312. The normalized spacial score (nSPS) is 19.6. The second kappa shape index (κ2) is 6.56. The fourth-order valence-electron chi connectivity index (χ4n) is 2.75. The molecule has 0 aliphatic carbocycles. The maximum absolute atomic E-state index is 9.69. The SMILES string of the molecule is Oc1ccc(Br)c(CN2CCNCC2c2ccncc2)c1. The molecule has 1 aliphatic rings. The molecule has 0 spiro atoms. The van der Waals surface area contributed by atoms with Crippen molar-refractivity contribution in [2.75, 3.05) is 19.6 Å². The highest BCUT2D eigenvalue weighted by Gasteiger charge is 2.24. The molecule has 2 heterocycles. The third-order valence-electron chi connectivity index (χ3n) is 3.85. The number of halogens is 1. The molecule has 1 aromatic carbocycles. The lowest BCUT2D eigenvalue weighted by molar-refractivity contribution is 0.153. The third kappa shape index (κ3) is 3.43. The van der Waals surface area contributed by atoms with E-state index >= 15 is 0 Å². The first-order valence-electron chi connectivity index (χ1n) is 7.06. The van der Waals surface area contributed by atoms with E-state index in [1.54, 1.807) is 6.07 Å². The minimum Gasteiger partial charge on any atom is -0.508 e. The van der Waals surface area contributed by atoms with Crippen molar-refractivity contribution in [2.45, 2.75) is 12.6 Å². The van der Waals surface area contributed by atoms with Crippen molar-refractivity contribution < 1.29 is 5.11 Å². The van der Waals surface area contributed by atoms with E-state index in [1.165, 1.54) is 5.56 Å². The Morgan fingerprint density at radius 2 is 2.10 bits per heavy atom. The topological polar surface area (TPSA) is 48.4 Å². The summed E-state index contributed by atoms with van der Waals surface area (Å²) in [6, 6.07) is 9.90. The maximum Gasteiger partial charge on any atom is 0.115 e. The molecule has 1 atom stereocenters. The predicted molar refractivity (Wildman–Crippen MR) is 86.1 cm³/mol. The average molecular weight is 348 g/mol. The number of pyridine rings is 1. The molecule has 0 bridgehead atoms. The van der Waals surface area contributed by atoms with E-state index in [4.69, 9.17) is 0 Å². The van der Waals surface area contributed by atoms with Gasteiger partial charge in [-0.3, -0.25) is 9.88 Å². The lowest BCUT2D eigenvalue weighted by Gasteiger charge is -2.36. The zero-order chi connectivity index (χ0) is 14.7. The van der Waals surface area contributed by atoms with Crippen molar-refractivity contribution in [3.8, 4) is 5.75 Å². The van der Waals surface area contributed by atoms with Crippen LogP contribution in [0.3, 0.4) is 0 Å². The molecule has 1 aliphatic heterocycles. The van der Waals surface area contributed by atoms with Crippen LogP contribution in [-0.2, 0) is 6.54 Å². The molecule has 4 nitrogen and oxygen atoms in total. The Morgan fingerprint density at radius 1 is 1.29 bits per heavy atom. The summed E-state index contributed by atoms with van der Waals surface area (Å²) in [4.78, 5) is 6.53. The Bertz CT molecular complexity index is 606. The Morgan fingerprint density at radius 3 is 2.90 bits per heavy atom. The first-order chi connectivity index (χ1) is 10.2. The number of phenolic OH excluding ortho intramolecular Hbond substituents is 1. The molecule has 2 aromatic rings. The second-order valence-corrected chi connectivity index (χ2v) is 6.10. The van der Waals surface area contributed by atoms with Crippen molar-refractivity contribution in [3.63, 3.8) is 0 Å². The summed E-state index contributed by atoms with van der Waals surface area (Å²) in [5.41, 5.74) is 2.38. The summed E-state index contributed by atoms with van der Waals surface area (Å²) in [6.45, 7) is 3.71. The Kier molecular flexibility index (Phi) is 4.53. The molecule has 0 radical (unpaired) electrons. The monoisotopic (exact) mass is 347 g/mol. The number of nitrogens with one attached hydrogen (secondary N) is 1. The van der Waals surface area contributed by atoms with Crippen molar-refractivity contribution in [3.05, 3.63) is 58.3 Å². The molecule has 110 valence electrons. The lowest BCUT2D eigenvalue weighted by Crippen LogP contribution is -2.45. The second-order valence-electron chi connectivity index (χ2n) is 5.25. The Hall–Kier alpha value is -1.43. The number of nitrogens with zero attached hydrogens (tertiary/aromatic N) is 2. The van der Waals surface area contributed by atoms with Gasteiger partial charge in [-0.2, -0.15) is 0 Å². The van der Waals surface area contributed by atoms with E-state index in [0.29, 0.717) is 11.8 Å². The molecule has 1 fully saturated rings. The summed E-state index contributed by atoms with van der Waals surface area (Å²) in [5, 5.41) is 13.1. The van der Waals surface area contributed by atoms with E-state index in [2.05, 4.69) is 43.3 Å². The van der Waals surface area contributed by atoms with Crippen molar-refractivity contribution >= 4 is 15.9 Å². The van der Waals surface area contributed by atoms with E-state index in [0.717, 1.165) is 36.2 Å². The summed E-state index contributed by atoms with van der Waals surface area (Å²) < 4.78 is 1.03. The molecule has 21 heavy (non-hydrogen) atoms. The van der Waals surface area contributed by atoms with Gasteiger partial charge in [0.1, 0.15) is 5.75 Å². The summed E-state index contributed by atoms with van der Waals surface area (Å²) in [7, 11) is 0. The molecular formula is C16H18BrN3O. The standard InChI is InChI=1S/C16H18BrN3O/c17-15-2-1-14(21)9-13(15)11-20-8-7-19-10-16(20)12-3-5-18-6-4-12/h1-6,9,16,19,21H,7-8,10-11H2. The van der Waals surface area contributed by atoms with Crippen LogP contribution in [0.4, 0.5) is 0 Å². The molecule has 1 saturated heterocycles. The minimum absolute atomic E-state index is 0.309. The van der Waals surface area contributed by atoms with Gasteiger partial charge in [-0.1, -0.05) is 15.9 Å². The van der Waals surface area contributed by atoms with Gasteiger partial charge in [0.25, 0.3) is 0 Å². The van der Waals surface area contributed by atoms with Gasteiger partial charge in [0.15, 0.2) is 0 Å². The van der Waals surface area contributed by atoms with Crippen molar-refractivity contribution in [1.29, 1.82) is 0 Å². The molecule has 1 unspecified atom stereocenters. The van der Waals surface area contributed by atoms with Crippen LogP contribution in [-0.4, -0.2) is 34.6 Å². The van der Waals surface area contributed by atoms with Crippen molar-refractivity contribution in [1.82, 2.24) is 15.2 Å². The van der Waals surface area contributed by atoms with E-state index in [9.17, 15) is 5.11 Å². The van der Waals surface area contributed by atoms with Gasteiger partial charge in [-0.25, -0.2) is 0 Å². The van der Waals surface area contributed by atoms with Gasteiger partial charge in [0.05, 0.1) is 0 Å². The first-order valence-corrected chi connectivity index (χ1v) is 7.85. The van der Waals surface area contributed by atoms with E-state index < -0.39 is 0 Å². The molecule has 3 rings (SSSR count). The number of aromatic nitrogens is 1. The van der Waals surface area contributed by atoms with Crippen LogP contribution in [0.15, 0.2) is 47.2 Å². The lowest BCUT2D eigenvalue weighted by atomic mass is 10.0. The van der Waals surface area contributed by atoms with Crippen LogP contribution in [0.1, 0.15) is 17.2 Å². The average Bonchev–Trinajstić information content (AvgIpc) is 2.52. The highest BCUT2D eigenvalue weighted by Crippen LogP contribution is 2.28. The van der Waals surface area contributed by atoms with E-state index in [-0.39, 0.29) is 0 Å². The molecule has 5 heteroatoms. The number of phenols is 1. The highest BCUT2D eigenvalue weighted by atomic mass is 79.9. The third-order valence-corrected chi connectivity index (χ3v) is 4.62. The summed E-state index contributed by atoms with van der Waals surface area (Å²) >= 11 is 3.57. The van der Waals surface area contributed by atoms with Gasteiger partial charge in [0, 0.05) is 49.1 Å². The van der Waals surface area contributed by atoms with Gasteiger partial charge in [0.2, 0.25) is 0 Å². The van der Waals surface area contributed by atoms with Gasteiger partial charge < -0.3 is 10.4 Å². The molecule has 2 N–H and O–H groups in total. The van der Waals surface area contributed by atoms with Crippen LogP contribution < -0.4 is 5.32 Å². The molecule has 1 aromatic heterocycles. The van der Waals surface area contributed by atoms with E-state index in [1.807, 2.05) is 24.5 Å². The Balaban J connectivity index is 1.83. The number of hydrogen-bond donors (Lipinski definition) is 2. The van der Waals surface area contributed by atoms with Crippen molar-refractivity contribution in [2.24, 2.45) is 0 Å². The molecular weight excluding hydrogens is 330 g/mol. The van der Waals surface area contributed by atoms with Crippen LogP contribution in [0.25, 0.3) is 0 Å². The molecule has 0 amide bonds. The zero-order valence-electron chi connectivity index (χ0n) is 11.7. The number of hydrogen-bond acceptors (Lipinski definition) is 4. The Labute approximate surface area is 132 Å². The van der Waals surface area contributed by atoms with Crippen LogP contribution >= 0.6 is 15.9 Å². The maximum atomic E-state index is 9.69. The smallest absolute Gasteiger partial charge is 0.115 e. The highest BCUT2D eigenvalue weighted by molar-refractivity contribution is 9.10. The number of benzene rings is 1. The van der Waals surface area contributed by atoms with Gasteiger partial charge in [-0.15, -0.1) is 0 Å². The van der Waals surface area contributed by atoms with Gasteiger partial charge >= 0.3 is 0 Å². The predicted octanol–water partition coefficient (Wildman–Crippen LogP) is 2.70. The zero-order valence-corrected chi connectivity index (χ0v) is 13.3. The van der Waals surface area contributed by atoms with Crippen LogP contribution in [0.5, 0.6) is 5.75 Å². The first kappa shape index (κ1) is 14.5. The number of rotatable bonds is 3. The number of aromatic hydroxyl groups is 1. The van der Waals surface area contributed by atoms with Crippen LogP contribution in [0, 0.1) is 0 Å².